The van der Waals surface area contributed by atoms with Crippen molar-refractivity contribution in [3.63, 3.8) is 0 Å². The number of hydrogen-bond donors (Lipinski definition) is 0. The molecule has 0 atom stereocenters. The predicted octanol–water partition coefficient (Wildman–Crippen LogP) is 2.87. The lowest BCUT2D eigenvalue weighted by Gasteiger charge is -2.34. The van der Waals surface area contributed by atoms with Crippen LogP contribution in [-0.4, -0.2) is 49.7 Å². The van der Waals surface area contributed by atoms with Crippen LogP contribution in [-0.2, 0) is 10.0 Å². The SMILES string of the molecule is O=C(c1c(F)cccc1F)N1CCN(S(=O)(=O)c2ccc(Br)cc2)CC1. The zero-order chi connectivity index (χ0) is 18.9. The van der Waals surface area contributed by atoms with E-state index in [0.717, 1.165) is 16.6 Å². The summed E-state index contributed by atoms with van der Waals surface area (Å²) in [6.45, 7) is 0.227. The molecule has 1 amide bonds. The van der Waals surface area contributed by atoms with Crippen molar-refractivity contribution < 1.29 is 22.0 Å². The molecule has 3 rings (SSSR count). The minimum atomic E-state index is -3.68. The van der Waals surface area contributed by atoms with Crippen LogP contribution in [0.3, 0.4) is 0 Å². The summed E-state index contributed by atoms with van der Waals surface area (Å²) in [6.07, 6.45) is 0. The van der Waals surface area contributed by atoms with E-state index in [4.69, 9.17) is 0 Å². The van der Waals surface area contributed by atoms with Crippen LogP contribution in [0, 0.1) is 11.6 Å². The van der Waals surface area contributed by atoms with Crippen molar-refractivity contribution in [3.05, 3.63) is 64.1 Å². The second kappa shape index (κ2) is 7.42. The molecule has 26 heavy (non-hydrogen) atoms. The number of carbonyl (C=O) groups is 1. The zero-order valence-electron chi connectivity index (χ0n) is 13.5. The molecule has 2 aromatic rings. The molecule has 0 aliphatic carbocycles. The second-order valence-corrected chi connectivity index (χ2v) is 8.60. The van der Waals surface area contributed by atoms with Crippen LogP contribution in [0.25, 0.3) is 0 Å². The summed E-state index contributed by atoms with van der Waals surface area (Å²) in [5.74, 6) is -2.64. The smallest absolute Gasteiger partial charge is 0.259 e. The van der Waals surface area contributed by atoms with E-state index in [2.05, 4.69) is 15.9 Å². The second-order valence-electron chi connectivity index (χ2n) is 5.75. The molecule has 0 spiro atoms. The minimum absolute atomic E-state index is 0.0558. The van der Waals surface area contributed by atoms with E-state index in [1.54, 1.807) is 12.1 Å². The van der Waals surface area contributed by atoms with Gasteiger partial charge in [-0.1, -0.05) is 22.0 Å². The van der Waals surface area contributed by atoms with Crippen LogP contribution in [0.4, 0.5) is 8.78 Å². The van der Waals surface area contributed by atoms with Crippen LogP contribution in [0.1, 0.15) is 10.4 Å². The van der Waals surface area contributed by atoms with Gasteiger partial charge in [-0.3, -0.25) is 4.79 Å². The summed E-state index contributed by atoms with van der Waals surface area (Å²) in [4.78, 5) is 13.8. The Bertz CT molecular complexity index is 907. The van der Waals surface area contributed by atoms with Gasteiger partial charge < -0.3 is 4.90 Å². The fourth-order valence-corrected chi connectivity index (χ4v) is 4.43. The van der Waals surface area contributed by atoms with Gasteiger partial charge in [-0.15, -0.1) is 0 Å². The van der Waals surface area contributed by atoms with E-state index in [1.807, 2.05) is 0 Å². The first-order chi connectivity index (χ1) is 12.3. The average Bonchev–Trinajstić information content (AvgIpc) is 2.62. The van der Waals surface area contributed by atoms with Gasteiger partial charge >= 0.3 is 0 Å². The van der Waals surface area contributed by atoms with Crippen LogP contribution in [0.5, 0.6) is 0 Å². The third-order valence-electron chi connectivity index (χ3n) is 4.15. The molecule has 1 heterocycles. The first-order valence-electron chi connectivity index (χ1n) is 7.80. The number of piperazine rings is 1. The van der Waals surface area contributed by atoms with Crippen molar-refractivity contribution in [1.82, 2.24) is 9.21 Å². The molecule has 0 aromatic heterocycles. The lowest BCUT2D eigenvalue weighted by Crippen LogP contribution is -2.50. The summed E-state index contributed by atoms with van der Waals surface area (Å²) >= 11 is 3.25. The van der Waals surface area contributed by atoms with Crippen LogP contribution >= 0.6 is 15.9 Å². The van der Waals surface area contributed by atoms with Gasteiger partial charge in [0.05, 0.1) is 4.90 Å². The van der Waals surface area contributed by atoms with Gasteiger partial charge in [0.1, 0.15) is 17.2 Å². The molecular formula is C17H15BrF2N2O3S. The molecular weight excluding hydrogens is 430 g/mol. The number of nitrogens with zero attached hydrogens (tertiary/aromatic N) is 2. The Morgan fingerprint density at radius 1 is 0.923 bits per heavy atom. The molecule has 1 saturated heterocycles. The standard InChI is InChI=1S/C17H15BrF2N2O3S/c18-12-4-6-13(7-5-12)26(24,25)22-10-8-21(9-11-22)17(23)16-14(19)2-1-3-15(16)20/h1-7H,8-11H2. The summed E-state index contributed by atoms with van der Waals surface area (Å²) in [5, 5.41) is 0. The van der Waals surface area contributed by atoms with Crippen LogP contribution < -0.4 is 0 Å². The molecule has 0 unspecified atom stereocenters. The molecule has 0 saturated carbocycles. The fourth-order valence-electron chi connectivity index (χ4n) is 2.75. The predicted molar refractivity (Wildman–Crippen MR) is 95.2 cm³/mol. The number of halogens is 3. The first kappa shape index (κ1) is 18.9. The zero-order valence-corrected chi connectivity index (χ0v) is 15.9. The van der Waals surface area contributed by atoms with Gasteiger partial charge in [0.25, 0.3) is 5.91 Å². The Morgan fingerprint density at radius 3 is 2.00 bits per heavy atom. The highest BCUT2D eigenvalue weighted by Gasteiger charge is 2.32. The molecule has 1 fully saturated rings. The third kappa shape index (κ3) is 3.65. The van der Waals surface area contributed by atoms with Gasteiger partial charge in [0.15, 0.2) is 0 Å². The molecule has 1 aliphatic heterocycles. The number of amides is 1. The highest BCUT2D eigenvalue weighted by molar-refractivity contribution is 9.10. The van der Waals surface area contributed by atoms with Crippen molar-refractivity contribution in [2.45, 2.75) is 4.90 Å². The van der Waals surface area contributed by atoms with Crippen molar-refractivity contribution in [1.29, 1.82) is 0 Å². The number of carbonyl (C=O) groups excluding carboxylic acids is 1. The molecule has 2 aromatic carbocycles. The van der Waals surface area contributed by atoms with Gasteiger partial charge in [0, 0.05) is 30.7 Å². The van der Waals surface area contributed by atoms with E-state index >= 15 is 0 Å². The first-order valence-corrected chi connectivity index (χ1v) is 10.0. The molecule has 5 nitrogen and oxygen atoms in total. The Kier molecular flexibility index (Phi) is 5.40. The Morgan fingerprint density at radius 2 is 1.46 bits per heavy atom. The molecule has 1 aliphatic rings. The van der Waals surface area contributed by atoms with Crippen LogP contribution in [0.2, 0.25) is 0 Å². The molecule has 9 heteroatoms. The molecule has 0 N–H and O–H groups in total. The van der Waals surface area contributed by atoms with Crippen molar-refractivity contribution in [2.75, 3.05) is 26.2 Å². The van der Waals surface area contributed by atoms with Crippen molar-refractivity contribution in [2.24, 2.45) is 0 Å². The Balaban J connectivity index is 1.73. The van der Waals surface area contributed by atoms with Gasteiger partial charge in [0.2, 0.25) is 10.0 Å². The summed E-state index contributed by atoms with van der Waals surface area (Å²) in [5.41, 5.74) is -0.614. The highest BCUT2D eigenvalue weighted by Crippen LogP contribution is 2.21. The quantitative estimate of drug-likeness (QED) is 0.731. The lowest BCUT2D eigenvalue weighted by molar-refractivity contribution is 0.0688. The number of rotatable bonds is 3. The monoisotopic (exact) mass is 444 g/mol. The van der Waals surface area contributed by atoms with Crippen molar-refractivity contribution in [3.8, 4) is 0 Å². The van der Waals surface area contributed by atoms with Crippen LogP contribution in [0.15, 0.2) is 51.8 Å². The van der Waals surface area contributed by atoms with E-state index in [0.29, 0.717) is 0 Å². The number of sulfonamides is 1. The maximum Gasteiger partial charge on any atom is 0.259 e. The Labute approximate surface area is 158 Å². The number of hydrogen-bond acceptors (Lipinski definition) is 3. The van der Waals surface area contributed by atoms with E-state index in [9.17, 15) is 22.0 Å². The molecule has 0 bridgehead atoms. The topological polar surface area (TPSA) is 57.7 Å². The van der Waals surface area contributed by atoms with E-state index in [1.165, 1.54) is 27.4 Å². The highest BCUT2D eigenvalue weighted by atomic mass is 79.9. The summed E-state index contributed by atoms with van der Waals surface area (Å²) in [7, 11) is -3.68. The Hall–Kier alpha value is -1.84. The van der Waals surface area contributed by atoms with Crippen molar-refractivity contribution >= 4 is 31.9 Å². The normalized spacial score (nSPS) is 15.9. The van der Waals surface area contributed by atoms with Gasteiger partial charge in [-0.05, 0) is 36.4 Å². The van der Waals surface area contributed by atoms with Gasteiger partial charge in [-0.2, -0.15) is 4.31 Å². The molecule has 0 radical (unpaired) electrons. The summed E-state index contributed by atoms with van der Waals surface area (Å²) in [6, 6.07) is 9.47. The molecule has 138 valence electrons. The average molecular weight is 445 g/mol. The largest absolute Gasteiger partial charge is 0.336 e. The van der Waals surface area contributed by atoms with E-state index < -0.39 is 33.1 Å². The summed E-state index contributed by atoms with van der Waals surface area (Å²) < 4.78 is 54.9. The van der Waals surface area contributed by atoms with E-state index in [-0.39, 0.29) is 31.1 Å². The number of benzene rings is 2. The lowest BCUT2D eigenvalue weighted by atomic mass is 10.1. The third-order valence-corrected chi connectivity index (χ3v) is 6.60. The fraction of sp³-hybridized carbons (Fsp3) is 0.235. The maximum absolute atomic E-state index is 13.8. The minimum Gasteiger partial charge on any atom is -0.336 e. The van der Waals surface area contributed by atoms with Gasteiger partial charge in [-0.25, -0.2) is 17.2 Å². The maximum atomic E-state index is 13.8.